The first-order valence-corrected chi connectivity index (χ1v) is 8.21. The van der Waals surface area contributed by atoms with Gasteiger partial charge in [0, 0.05) is 11.6 Å². The third kappa shape index (κ3) is 5.17. The number of methoxy groups -OCH3 is 1. The highest BCUT2D eigenvalue weighted by Crippen LogP contribution is 2.21. The van der Waals surface area contributed by atoms with Crippen molar-refractivity contribution in [3.63, 3.8) is 0 Å². The number of hydrogen-bond donors (Lipinski definition) is 1. The van der Waals surface area contributed by atoms with Crippen molar-refractivity contribution in [2.75, 3.05) is 13.7 Å². The molecular formula is C19H22ClNO3. The van der Waals surface area contributed by atoms with E-state index in [9.17, 15) is 4.79 Å². The van der Waals surface area contributed by atoms with Gasteiger partial charge in [-0.15, -0.1) is 0 Å². The molecule has 128 valence electrons. The Kier molecular flexibility index (Phi) is 6.50. The zero-order valence-electron chi connectivity index (χ0n) is 14.1. The van der Waals surface area contributed by atoms with Gasteiger partial charge in [0.05, 0.1) is 7.11 Å². The number of aryl methyl sites for hydroxylation is 1. The minimum atomic E-state index is -0.568. The number of amides is 1. The molecule has 0 spiro atoms. The standard InChI is InChI=1S/C19H22ClNO3/c1-13-12-17(8-9-18(13)20)24-14(2)19(22)21-11-10-15-4-6-16(23-3)7-5-15/h4-9,12,14H,10-11H2,1-3H3,(H,21,22)/t14-/m1/s1. The highest BCUT2D eigenvalue weighted by Gasteiger charge is 2.14. The van der Waals surface area contributed by atoms with E-state index in [1.807, 2.05) is 37.3 Å². The molecule has 1 amide bonds. The van der Waals surface area contributed by atoms with Crippen LogP contribution in [0.1, 0.15) is 18.1 Å². The van der Waals surface area contributed by atoms with Gasteiger partial charge in [-0.1, -0.05) is 23.7 Å². The lowest BCUT2D eigenvalue weighted by Crippen LogP contribution is -2.37. The third-order valence-electron chi connectivity index (χ3n) is 3.68. The van der Waals surface area contributed by atoms with Crippen molar-refractivity contribution in [2.45, 2.75) is 26.4 Å². The highest BCUT2D eigenvalue weighted by atomic mass is 35.5. The van der Waals surface area contributed by atoms with Crippen molar-refractivity contribution >= 4 is 17.5 Å². The van der Waals surface area contributed by atoms with E-state index in [1.54, 1.807) is 26.2 Å². The van der Waals surface area contributed by atoms with Crippen LogP contribution in [0.3, 0.4) is 0 Å². The van der Waals surface area contributed by atoms with Gasteiger partial charge in [-0.3, -0.25) is 4.79 Å². The molecule has 1 atom stereocenters. The molecule has 1 N–H and O–H groups in total. The fourth-order valence-corrected chi connectivity index (χ4v) is 2.33. The number of rotatable bonds is 7. The van der Waals surface area contributed by atoms with Crippen molar-refractivity contribution in [1.82, 2.24) is 5.32 Å². The van der Waals surface area contributed by atoms with Crippen LogP contribution >= 0.6 is 11.6 Å². The average molecular weight is 348 g/mol. The minimum Gasteiger partial charge on any atom is -0.497 e. The Balaban J connectivity index is 1.79. The van der Waals surface area contributed by atoms with E-state index in [4.69, 9.17) is 21.1 Å². The molecule has 2 aromatic carbocycles. The van der Waals surface area contributed by atoms with Crippen molar-refractivity contribution in [2.24, 2.45) is 0 Å². The summed E-state index contributed by atoms with van der Waals surface area (Å²) in [6.45, 7) is 4.18. The summed E-state index contributed by atoms with van der Waals surface area (Å²) in [7, 11) is 1.64. The molecule has 0 aliphatic carbocycles. The zero-order valence-corrected chi connectivity index (χ0v) is 14.9. The molecule has 24 heavy (non-hydrogen) atoms. The fourth-order valence-electron chi connectivity index (χ4n) is 2.21. The Labute approximate surface area is 147 Å². The van der Waals surface area contributed by atoms with Gasteiger partial charge >= 0.3 is 0 Å². The number of ether oxygens (including phenoxy) is 2. The van der Waals surface area contributed by atoms with Crippen LogP contribution in [-0.2, 0) is 11.2 Å². The summed E-state index contributed by atoms with van der Waals surface area (Å²) in [5.74, 6) is 1.31. The maximum atomic E-state index is 12.1. The molecule has 0 saturated heterocycles. The summed E-state index contributed by atoms with van der Waals surface area (Å²) in [6, 6.07) is 13.1. The predicted molar refractivity (Wildman–Crippen MR) is 96.0 cm³/mol. The molecule has 0 aromatic heterocycles. The van der Waals surface area contributed by atoms with Crippen LogP contribution in [0.2, 0.25) is 5.02 Å². The summed E-state index contributed by atoms with van der Waals surface area (Å²) in [5, 5.41) is 3.56. The van der Waals surface area contributed by atoms with Gasteiger partial charge < -0.3 is 14.8 Å². The molecule has 2 aromatic rings. The number of hydrogen-bond acceptors (Lipinski definition) is 3. The number of halogens is 1. The molecule has 0 fully saturated rings. The topological polar surface area (TPSA) is 47.6 Å². The summed E-state index contributed by atoms with van der Waals surface area (Å²) in [4.78, 5) is 12.1. The second kappa shape index (κ2) is 8.60. The normalized spacial score (nSPS) is 11.7. The maximum absolute atomic E-state index is 12.1. The molecule has 0 heterocycles. The van der Waals surface area contributed by atoms with E-state index in [0.29, 0.717) is 17.3 Å². The Morgan fingerprint density at radius 2 is 1.83 bits per heavy atom. The van der Waals surface area contributed by atoms with Crippen molar-refractivity contribution in [3.8, 4) is 11.5 Å². The van der Waals surface area contributed by atoms with Gasteiger partial charge in [-0.2, -0.15) is 0 Å². The van der Waals surface area contributed by atoms with Crippen LogP contribution in [0, 0.1) is 6.92 Å². The first kappa shape index (κ1) is 18.1. The second-order valence-electron chi connectivity index (χ2n) is 5.56. The summed E-state index contributed by atoms with van der Waals surface area (Å²) < 4.78 is 10.8. The molecule has 0 unspecified atom stereocenters. The van der Waals surface area contributed by atoms with Crippen LogP contribution in [0.15, 0.2) is 42.5 Å². The molecule has 0 bridgehead atoms. The first-order valence-electron chi connectivity index (χ1n) is 7.83. The van der Waals surface area contributed by atoms with E-state index in [2.05, 4.69) is 5.32 Å². The van der Waals surface area contributed by atoms with Crippen LogP contribution < -0.4 is 14.8 Å². The van der Waals surface area contributed by atoms with E-state index in [-0.39, 0.29) is 5.91 Å². The fraction of sp³-hybridized carbons (Fsp3) is 0.316. The Bertz CT molecular complexity index is 686. The monoisotopic (exact) mass is 347 g/mol. The quantitative estimate of drug-likeness (QED) is 0.829. The first-order chi connectivity index (χ1) is 11.5. The zero-order chi connectivity index (χ0) is 17.5. The molecule has 0 aliphatic rings. The van der Waals surface area contributed by atoms with Gasteiger partial charge in [-0.05, 0) is 61.7 Å². The summed E-state index contributed by atoms with van der Waals surface area (Å²) >= 11 is 5.98. The Morgan fingerprint density at radius 1 is 1.17 bits per heavy atom. The molecule has 2 rings (SSSR count). The third-order valence-corrected chi connectivity index (χ3v) is 4.11. The summed E-state index contributed by atoms with van der Waals surface area (Å²) in [5.41, 5.74) is 2.05. The van der Waals surface area contributed by atoms with Gasteiger partial charge in [0.15, 0.2) is 6.10 Å². The van der Waals surface area contributed by atoms with Crippen molar-refractivity contribution in [3.05, 3.63) is 58.6 Å². The van der Waals surface area contributed by atoms with Gasteiger partial charge in [-0.25, -0.2) is 0 Å². The van der Waals surface area contributed by atoms with E-state index in [0.717, 1.165) is 23.3 Å². The van der Waals surface area contributed by atoms with Crippen LogP contribution in [0.4, 0.5) is 0 Å². The number of benzene rings is 2. The molecule has 0 saturated carbocycles. The molecule has 0 radical (unpaired) electrons. The lowest BCUT2D eigenvalue weighted by molar-refractivity contribution is -0.127. The molecule has 0 aliphatic heterocycles. The minimum absolute atomic E-state index is 0.142. The number of carbonyl (C=O) groups excluding carboxylic acids is 1. The largest absolute Gasteiger partial charge is 0.497 e. The lowest BCUT2D eigenvalue weighted by Gasteiger charge is -2.15. The molecule has 4 nitrogen and oxygen atoms in total. The maximum Gasteiger partial charge on any atom is 0.260 e. The number of carbonyl (C=O) groups is 1. The highest BCUT2D eigenvalue weighted by molar-refractivity contribution is 6.31. The van der Waals surface area contributed by atoms with Gasteiger partial charge in [0.1, 0.15) is 11.5 Å². The molecule has 5 heteroatoms. The van der Waals surface area contributed by atoms with E-state index >= 15 is 0 Å². The van der Waals surface area contributed by atoms with Gasteiger partial charge in [0.2, 0.25) is 0 Å². The smallest absolute Gasteiger partial charge is 0.260 e. The SMILES string of the molecule is COc1ccc(CCNC(=O)[C@@H](C)Oc2ccc(Cl)c(C)c2)cc1. The number of nitrogens with one attached hydrogen (secondary N) is 1. The van der Waals surface area contributed by atoms with Crippen molar-refractivity contribution in [1.29, 1.82) is 0 Å². The average Bonchev–Trinajstić information content (AvgIpc) is 2.58. The van der Waals surface area contributed by atoms with E-state index < -0.39 is 6.10 Å². The van der Waals surface area contributed by atoms with Gasteiger partial charge in [0.25, 0.3) is 5.91 Å². The van der Waals surface area contributed by atoms with Crippen LogP contribution in [0.25, 0.3) is 0 Å². The lowest BCUT2D eigenvalue weighted by atomic mass is 10.1. The van der Waals surface area contributed by atoms with Crippen LogP contribution in [0.5, 0.6) is 11.5 Å². The predicted octanol–water partition coefficient (Wildman–Crippen LogP) is 3.78. The second-order valence-corrected chi connectivity index (χ2v) is 5.97. The Morgan fingerprint density at radius 3 is 2.46 bits per heavy atom. The van der Waals surface area contributed by atoms with Crippen molar-refractivity contribution < 1.29 is 14.3 Å². The summed E-state index contributed by atoms with van der Waals surface area (Å²) in [6.07, 6.45) is 0.184. The Hall–Kier alpha value is -2.20. The van der Waals surface area contributed by atoms with E-state index in [1.165, 1.54) is 0 Å². The van der Waals surface area contributed by atoms with Crippen LogP contribution in [-0.4, -0.2) is 25.7 Å². The molecular weight excluding hydrogens is 326 g/mol.